The van der Waals surface area contributed by atoms with E-state index in [4.69, 9.17) is 0 Å². The molecule has 0 aliphatic heterocycles. The van der Waals surface area contributed by atoms with Crippen LogP contribution in [0, 0.1) is 0 Å². The Hall–Kier alpha value is -1.90. The van der Waals surface area contributed by atoms with Crippen molar-refractivity contribution in [2.45, 2.75) is 32.6 Å². The highest BCUT2D eigenvalue weighted by Gasteiger charge is 2.24. The van der Waals surface area contributed by atoms with E-state index in [0.29, 0.717) is 18.4 Å². The summed E-state index contributed by atoms with van der Waals surface area (Å²) in [6.07, 6.45) is 2.53. The van der Waals surface area contributed by atoms with Crippen molar-refractivity contribution < 1.29 is 9.90 Å². The van der Waals surface area contributed by atoms with Crippen LogP contribution < -0.4 is 0 Å². The van der Waals surface area contributed by atoms with Crippen LogP contribution in [-0.4, -0.2) is 16.6 Å². The lowest BCUT2D eigenvalue weighted by molar-refractivity contribution is -0.115. The number of aliphatic imine (C=N–C) groups is 1. The Balaban J connectivity index is 2.41. The second-order valence-corrected chi connectivity index (χ2v) is 4.35. The number of nitrogens with zero attached hydrogens (tertiary/aromatic N) is 1. The largest absolute Gasteiger partial charge is 0.512 e. The van der Waals surface area contributed by atoms with Gasteiger partial charge in [-0.3, -0.25) is 9.79 Å². The van der Waals surface area contributed by atoms with Crippen molar-refractivity contribution in [1.82, 2.24) is 0 Å². The molecular formula is C15H17NO2. The Morgan fingerprint density at radius 2 is 2.00 bits per heavy atom. The summed E-state index contributed by atoms with van der Waals surface area (Å²) in [6.45, 7) is 1.84. The molecular weight excluding hydrogens is 226 g/mol. The normalized spacial score (nSPS) is 21.2. The first-order valence-corrected chi connectivity index (χ1v) is 6.30. The standard InChI is InChI=1S/C15H17NO2/c1-2-13(17)15-12(9-6-10-14(15)18)16-11-7-4-3-5-8-11/h3-5,7-8,17H,2,6,9-10H2,1H3/b15-13+,16-12?. The summed E-state index contributed by atoms with van der Waals surface area (Å²) in [5.41, 5.74) is 1.98. The Labute approximate surface area is 107 Å². The van der Waals surface area contributed by atoms with Crippen LogP contribution in [0.2, 0.25) is 0 Å². The SMILES string of the molecule is CC/C(O)=C1\C(=O)CCCC1=Nc1ccccc1. The van der Waals surface area contributed by atoms with Crippen molar-refractivity contribution in [3.05, 3.63) is 41.7 Å². The van der Waals surface area contributed by atoms with E-state index in [1.165, 1.54) is 0 Å². The van der Waals surface area contributed by atoms with Gasteiger partial charge in [0.1, 0.15) is 5.76 Å². The van der Waals surface area contributed by atoms with E-state index in [2.05, 4.69) is 4.99 Å². The number of aliphatic hydroxyl groups is 1. The molecule has 1 saturated carbocycles. The zero-order valence-electron chi connectivity index (χ0n) is 10.5. The molecule has 0 saturated heterocycles. The van der Waals surface area contributed by atoms with Gasteiger partial charge in [0.2, 0.25) is 0 Å². The lowest BCUT2D eigenvalue weighted by Gasteiger charge is -2.17. The smallest absolute Gasteiger partial charge is 0.168 e. The maximum Gasteiger partial charge on any atom is 0.168 e. The van der Waals surface area contributed by atoms with Gasteiger partial charge in [-0.15, -0.1) is 0 Å². The lowest BCUT2D eigenvalue weighted by Crippen LogP contribution is -2.21. The third-order valence-corrected chi connectivity index (χ3v) is 3.03. The van der Waals surface area contributed by atoms with Crippen LogP contribution in [0.5, 0.6) is 0 Å². The van der Waals surface area contributed by atoms with Gasteiger partial charge < -0.3 is 5.11 Å². The van der Waals surface area contributed by atoms with Crippen LogP contribution in [-0.2, 0) is 4.79 Å². The summed E-state index contributed by atoms with van der Waals surface area (Å²) in [4.78, 5) is 16.4. The molecule has 1 N–H and O–H groups in total. The maximum atomic E-state index is 11.9. The van der Waals surface area contributed by atoms with E-state index < -0.39 is 0 Å². The maximum absolute atomic E-state index is 11.9. The van der Waals surface area contributed by atoms with E-state index >= 15 is 0 Å². The number of hydrogen-bond acceptors (Lipinski definition) is 3. The second-order valence-electron chi connectivity index (χ2n) is 4.35. The molecule has 0 spiro atoms. The van der Waals surface area contributed by atoms with Gasteiger partial charge in [0.05, 0.1) is 17.0 Å². The van der Waals surface area contributed by atoms with Crippen LogP contribution in [0.1, 0.15) is 32.6 Å². The van der Waals surface area contributed by atoms with Gasteiger partial charge in [-0.1, -0.05) is 25.1 Å². The van der Waals surface area contributed by atoms with Crippen LogP contribution in [0.4, 0.5) is 5.69 Å². The van der Waals surface area contributed by atoms with Crippen LogP contribution in [0.25, 0.3) is 0 Å². The highest BCUT2D eigenvalue weighted by molar-refractivity contribution is 6.24. The number of carbonyl (C=O) groups is 1. The lowest BCUT2D eigenvalue weighted by atomic mass is 9.90. The number of Topliss-reactive ketones (excluding diaryl/α,β-unsaturated/α-hetero) is 1. The van der Waals surface area contributed by atoms with Crippen molar-refractivity contribution in [2.75, 3.05) is 0 Å². The van der Waals surface area contributed by atoms with E-state index in [1.807, 2.05) is 37.3 Å². The molecule has 1 aromatic rings. The molecule has 3 nitrogen and oxygen atoms in total. The van der Waals surface area contributed by atoms with Gasteiger partial charge in [0, 0.05) is 12.8 Å². The minimum atomic E-state index is 0.00952. The molecule has 0 atom stereocenters. The summed E-state index contributed by atoms with van der Waals surface area (Å²) in [5.74, 6) is 0.171. The molecule has 0 radical (unpaired) electrons. The van der Waals surface area contributed by atoms with Crippen molar-refractivity contribution in [1.29, 1.82) is 0 Å². The molecule has 1 aliphatic carbocycles. The molecule has 3 heteroatoms. The van der Waals surface area contributed by atoms with Crippen LogP contribution in [0.15, 0.2) is 46.7 Å². The van der Waals surface area contributed by atoms with Gasteiger partial charge in [0.15, 0.2) is 5.78 Å². The zero-order chi connectivity index (χ0) is 13.0. The summed E-state index contributed by atoms with van der Waals surface area (Å²) < 4.78 is 0. The van der Waals surface area contributed by atoms with E-state index in [1.54, 1.807) is 0 Å². The number of benzene rings is 1. The zero-order valence-corrected chi connectivity index (χ0v) is 10.5. The highest BCUT2D eigenvalue weighted by atomic mass is 16.3. The minimum absolute atomic E-state index is 0.00952. The van der Waals surface area contributed by atoms with E-state index in [-0.39, 0.29) is 11.5 Å². The fourth-order valence-corrected chi connectivity index (χ4v) is 2.10. The van der Waals surface area contributed by atoms with E-state index in [9.17, 15) is 9.90 Å². The fourth-order valence-electron chi connectivity index (χ4n) is 2.10. The summed E-state index contributed by atoms with van der Waals surface area (Å²) in [6, 6.07) is 9.54. The number of para-hydroxylation sites is 1. The number of aliphatic hydroxyl groups excluding tert-OH is 1. The molecule has 0 amide bonds. The molecule has 0 heterocycles. The molecule has 1 fully saturated rings. The quantitative estimate of drug-likeness (QED) is 0.635. The molecule has 2 rings (SSSR count). The van der Waals surface area contributed by atoms with Gasteiger partial charge >= 0.3 is 0 Å². The van der Waals surface area contributed by atoms with Crippen LogP contribution in [0.3, 0.4) is 0 Å². The molecule has 0 aromatic heterocycles. The highest BCUT2D eigenvalue weighted by Crippen LogP contribution is 2.24. The van der Waals surface area contributed by atoms with Gasteiger partial charge in [-0.25, -0.2) is 0 Å². The second kappa shape index (κ2) is 5.63. The topological polar surface area (TPSA) is 49.7 Å². The van der Waals surface area contributed by atoms with Crippen molar-refractivity contribution in [3.63, 3.8) is 0 Å². The first kappa shape index (κ1) is 12.6. The monoisotopic (exact) mass is 243 g/mol. The first-order valence-electron chi connectivity index (χ1n) is 6.30. The predicted octanol–water partition coefficient (Wildman–Crippen LogP) is 3.73. The van der Waals surface area contributed by atoms with Crippen molar-refractivity contribution >= 4 is 17.2 Å². The summed E-state index contributed by atoms with van der Waals surface area (Å²) >= 11 is 0. The molecule has 1 aliphatic rings. The number of rotatable bonds is 2. The average Bonchev–Trinajstić information content (AvgIpc) is 2.39. The summed E-state index contributed by atoms with van der Waals surface area (Å²) in [5, 5.41) is 9.88. The number of ketones is 1. The number of carbonyl (C=O) groups excluding carboxylic acids is 1. The molecule has 18 heavy (non-hydrogen) atoms. The Morgan fingerprint density at radius 3 is 2.67 bits per heavy atom. The minimum Gasteiger partial charge on any atom is -0.512 e. The Bertz CT molecular complexity index is 500. The average molecular weight is 243 g/mol. The third-order valence-electron chi connectivity index (χ3n) is 3.03. The van der Waals surface area contributed by atoms with Crippen molar-refractivity contribution in [3.8, 4) is 0 Å². The molecule has 1 aromatic carbocycles. The van der Waals surface area contributed by atoms with Crippen LogP contribution >= 0.6 is 0 Å². The molecule has 0 unspecified atom stereocenters. The predicted molar refractivity (Wildman–Crippen MR) is 72.3 cm³/mol. The van der Waals surface area contributed by atoms with Gasteiger partial charge in [0.25, 0.3) is 0 Å². The Morgan fingerprint density at radius 1 is 1.28 bits per heavy atom. The molecule has 0 bridgehead atoms. The summed E-state index contributed by atoms with van der Waals surface area (Å²) in [7, 11) is 0. The van der Waals surface area contributed by atoms with Crippen molar-refractivity contribution in [2.24, 2.45) is 4.99 Å². The Kier molecular flexibility index (Phi) is 3.92. The fraction of sp³-hybridized carbons (Fsp3) is 0.333. The third kappa shape index (κ3) is 2.67. The molecule has 94 valence electrons. The van der Waals surface area contributed by atoms with Gasteiger partial charge in [-0.05, 0) is 25.0 Å². The first-order chi connectivity index (χ1) is 8.72. The van der Waals surface area contributed by atoms with Gasteiger partial charge in [-0.2, -0.15) is 0 Å². The number of hydrogen-bond donors (Lipinski definition) is 1. The number of allylic oxidation sites excluding steroid dienone is 2. The van der Waals surface area contributed by atoms with E-state index in [0.717, 1.165) is 24.2 Å².